The number of rotatable bonds is 7. The first-order valence-electron chi connectivity index (χ1n) is 10.7. The smallest absolute Gasteiger partial charge is 0.261 e. The Morgan fingerprint density at radius 3 is 2.47 bits per heavy atom. The highest BCUT2D eigenvalue weighted by atomic mass is 79.9. The van der Waals surface area contributed by atoms with E-state index in [9.17, 15) is 8.42 Å². The molecule has 0 atom stereocenters. The van der Waals surface area contributed by atoms with Gasteiger partial charge in [0.05, 0.1) is 21.3 Å². The molecule has 5 aromatic rings. The maximum absolute atomic E-state index is 12.6. The number of benzene rings is 3. The van der Waals surface area contributed by atoms with E-state index in [1.807, 2.05) is 42.5 Å². The van der Waals surface area contributed by atoms with Crippen LogP contribution in [0.3, 0.4) is 0 Å². The van der Waals surface area contributed by atoms with E-state index in [-0.39, 0.29) is 4.90 Å². The molecule has 7 nitrogen and oxygen atoms in total. The molecule has 182 valence electrons. The third-order valence-electron chi connectivity index (χ3n) is 5.36. The average molecular weight is 603 g/mol. The van der Waals surface area contributed by atoms with Gasteiger partial charge in [-0.1, -0.05) is 59.6 Å². The van der Waals surface area contributed by atoms with Gasteiger partial charge in [0.1, 0.15) is 5.82 Å². The summed E-state index contributed by atoms with van der Waals surface area (Å²) in [5.41, 5.74) is 3.57. The molecule has 2 aromatic heterocycles. The first-order chi connectivity index (χ1) is 17.3. The van der Waals surface area contributed by atoms with Crippen LogP contribution in [0, 0.1) is 0 Å². The monoisotopic (exact) mass is 601 g/mol. The van der Waals surface area contributed by atoms with Crippen LogP contribution in [0.2, 0.25) is 10.0 Å². The molecule has 0 unspecified atom stereocenters. The third-order valence-corrected chi connectivity index (χ3v) is 7.87. The number of aromatic nitrogens is 3. The average Bonchev–Trinajstić information content (AvgIpc) is 3.24. The van der Waals surface area contributed by atoms with E-state index < -0.39 is 10.0 Å². The van der Waals surface area contributed by atoms with Crippen LogP contribution in [-0.4, -0.2) is 23.0 Å². The molecule has 0 radical (unpaired) electrons. The predicted molar refractivity (Wildman–Crippen MR) is 147 cm³/mol. The highest BCUT2D eigenvalue weighted by Gasteiger charge is 2.15. The zero-order valence-corrected chi connectivity index (χ0v) is 22.4. The zero-order valence-electron chi connectivity index (χ0n) is 18.5. The van der Waals surface area contributed by atoms with E-state index in [0.29, 0.717) is 33.6 Å². The number of nitrogens with zero attached hydrogens (tertiary/aromatic N) is 3. The fraction of sp³-hybridized carbons (Fsp3) is 0.0400. The Morgan fingerprint density at radius 1 is 0.944 bits per heavy atom. The van der Waals surface area contributed by atoms with Crippen molar-refractivity contribution in [1.29, 1.82) is 0 Å². The van der Waals surface area contributed by atoms with Crippen LogP contribution < -0.4 is 10.0 Å². The number of halogens is 3. The zero-order chi connectivity index (χ0) is 25.3. The number of nitrogens with one attached hydrogen (secondary N) is 2. The second-order valence-electron chi connectivity index (χ2n) is 7.85. The molecule has 0 saturated carbocycles. The van der Waals surface area contributed by atoms with Crippen LogP contribution in [-0.2, 0) is 16.6 Å². The third kappa shape index (κ3) is 5.19. The quantitative estimate of drug-likeness (QED) is 0.212. The van der Waals surface area contributed by atoms with Gasteiger partial charge >= 0.3 is 0 Å². The molecule has 0 aliphatic rings. The molecule has 36 heavy (non-hydrogen) atoms. The van der Waals surface area contributed by atoms with Gasteiger partial charge in [-0.05, 0) is 57.9 Å². The van der Waals surface area contributed by atoms with Crippen molar-refractivity contribution < 1.29 is 8.42 Å². The summed E-state index contributed by atoms with van der Waals surface area (Å²) in [6.07, 6.45) is 1.69. The summed E-state index contributed by atoms with van der Waals surface area (Å²) < 4.78 is 30.3. The topological polar surface area (TPSA) is 88.4 Å². The van der Waals surface area contributed by atoms with Crippen LogP contribution >= 0.6 is 39.1 Å². The second kappa shape index (κ2) is 10.1. The van der Waals surface area contributed by atoms with Gasteiger partial charge < -0.3 is 5.32 Å². The number of fused-ring (bicyclic) bond motifs is 1. The molecule has 2 N–H and O–H groups in total. The minimum atomic E-state index is -3.74. The Balaban J connectivity index is 1.36. The summed E-state index contributed by atoms with van der Waals surface area (Å²) in [4.78, 5) is 4.81. The molecule has 11 heteroatoms. The lowest BCUT2D eigenvalue weighted by Crippen LogP contribution is -2.13. The van der Waals surface area contributed by atoms with E-state index in [0.717, 1.165) is 21.4 Å². The Hall–Kier alpha value is -3.11. The summed E-state index contributed by atoms with van der Waals surface area (Å²) in [5.74, 6) is 0.728. The van der Waals surface area contributed by atoms with E-state index in [2.05, 4.69) is 31.1 Å². The largest absolute Gasteiger partial charge is 0.366 e. The number of sulfonamides is 1. The normalized spacial score (nSPS) is 11.5. The SMILES string of the molecule is O=S(=O)(Nc1ccc(CNc2cc(-c3ccccc3Cl)nc3c(Br)cnn23)cc1)c1cccc(Cl)c1. The first-order valence-corrected chi connectivity index (χ1v) is 13.7. The van der Waals surface area contributed by atoms with Gasteiger partial charge in [0.15, 0.2) is 5.65 Å². The summed E-state index contributed by atoms with van der Waals surface area (Å²) in [6.45, 7) is 0.472. The minimum Gasteiger partial charge on any atom is -0.366 e. The van der Waals surface area contributed by atoms with Gasteiger partial charge in [-0.2, -0.15) is 9.61 Å². The Morgan fingerprint density at radius 2 is 1.72 bits per heavy atom. The van der Waals surface area contributed by atoms with Crippen LogP contribution in [0.25, 0.3) is 16.9 Å². The summed E-state index contributed by atoms with van der Waals surface area (Å²) in [7, 11) is -3.74. The molecular weight excluding hydrogens is 585 g/mol. The fourth-order valence-corrected chi connectivity index (χ4v) is 5.54. The van der Waals surface area contributed by atoms with E-state index >= 15 is 0 Å². The van der Waals surface area contributed by atoms with Crippen molar-refractivity contribution >= 4 is 66.3 Å². The van der Waals surface area contributed by atoms with Gasteiger partial charge in [0.2, 0.25) is 0 Å². The lowest BCUT2D eigenvalue weighted by atomic mass is 10.1. The van der Waals surface area contributed by atoms with Crippen LogP contribution in [0.5, 0.6) is 0 Å². The van der Waals surface area contributed by atoms with Crippen molar-refractivity contribution in [2.45, 2.75) is 11.4 Å². The van der Waals surface area contributed by atoms with Crippen LogP contribution in [0.4, 0.5) is 11.5 Å². The van der Waals surface area contributed by atoms with E-state index in [4.69, 9.17) is 28.2 Å². The predicted octanol–water partition coefficient (Wildman–Crippen LogP) is 6.88. The minimum absolute atomic E-state index is 0.0992. The lowest BCUT2D eigenvalue weighted by molar-refractivity contribution is 0.601. The maximum Gasteiger partial charge on any atom is 0.261 e. The molecule has 0 aliphatic heterocycles. The molecule has 0 saturated heterocycles. The van der Waals surface area contributed by atoms with Gasteiger partial charge in [-0.3, -0.25) is 4.72 Å². The summed E-state index contributed by atoms with van der Waals surface area (Å²) >= 11 is 15.8. The molecule has 0 spiro atoms. The van der Waals surface area contributed by atoms with Crippen molar-refractivity contribution in [3.63, 3.8) is 0 Å². The van der Waals surface area contributed by atoms with Crippen molar-refractivity contribution in [1.82, 2.24) is 14.6 Å². The molecule has 2 heterocycles. The van der Waals surface area contributed by atoms with Crippen LogP contribution in [0.1, 0.15) is 5.56 Å². The highest BCUT2D eigenvalue weighted by Crippen LogP contribution is 2.30. The Kier molecular flexibility index (Phi) is 6.90. The number of anilines is 2. The summed E-state index contributed by atoms with van der Waals surface area (Å²) in [6, 6.07) is 22.6. The molecule has 0 amide bonds. The van der Waals surface area contributed by atoms with E-state index in [1.54, 1.807) is 35.0 Å². The fourth-order valence-electron chi connectivity index (χ4n) is 3.60. The standard InChI is InChI=1S/C25H18BrCl2N5O2S/c26-21-15-30-33-24(13-23(31-25(21)33)20-6-1-2-7-22(20)28)29-14-16-8-10-18(11-9-16)32-36(34,35)19-5-3-4-17(27)12-19/h1-13,15,29,32H,14H2. The van der Waals surface area contributed by atoms with E-state index in [1.165, 1.54) is 12.1 Å². The summed E-state index contributed by atoms with van der Waals surface area (Å²) in [5, 5.41) is 8.75. The molecule has 0 bridgehead atoms. The van der Waals surface area contributed by atoms with Crippen molar-refractivity contribution in [2.75, 3.05) is 10.0 Å². The molecule has 0 fully saturated rings. The lowest BCUT2D eigenvalue weighted by Gasteiger charge is -2.12. The van der Waals surface area contributed by atoms with Crippen molar-refractivity contribution in [3.05, 3.63) is 105 Å². The molecular formula is C25H18BrCl2N5O2S. The van der Waals surface area contributed by atoms with Gasteiger partial charge in [-0.15, -0.1) is 0 Å². The highest BCUT2D eigenvalue weighted by molar-refractivity contribution is 9.10. The van der Waals surface area contributed by atoms with Crippen molar-refractivity contribution in [2.24, 2.45) is 0 Å². The first kappa shape index (κ1) is 24.6. The molecule has 5 rings (SSSR count). The molecule has 3 aromatic carbocycles. The maximum atomic E-state index is 12.6. The van der Waals surface area contributed by atoms with Gasteiger partial charge in [-0.25, -0.2) is 13.4 Å². The van der Waals surface area contributed by atoms with Gasteiger partial charge in [0, 0.05) is 33.9 Å². The number of hydrogen-bond acceptors (Lipinski definition) is 5. The molecule has 0 aliphatic carbocycles. The Bertz CT molecular complexity index is 1670. The second-order valence-corrected chi connectivity index (χ2v) is 11.2. The van der Waals surface area contributed by atoms with Crippen molar-refractivity contribution in [3.8, 4) is 11.3 Å². The van der Waals surface area contributed by atoms with Crippen LogP contribution in [0.15, 0.2) is 94.4 Å². The number of hydrogen-bond donors (Lipinski definition) is 2. The Labute approximate surface area is 226 Å². The van der Waals surface area contributed by atoms with Gasteiger partial charge in [0.25, 0.3) is 10.0 Å².